The van der Waals surface area contributed by atoms with Gasteiger partial charge in [0.1, 0.15) is 27.5 Å². The zero-order valence-electron chi connectivity index (χ0n) is 28.4. The van der Waals surface area contributed by atoms with E-state index in [4.69, 9.17) is 37.7 Å². The highest BCUT2D eigenvalue weighted by Crippen LogP contribution is 2.46. The number of sulfonamides is 1. The molecule has 0 radical (unpaired) electrons. The minimum Gasteiger partial charge on any atom is -0.493 e. The van der Waals surface area contributed by atoms with E-state index in [9.17, 15) is 21.6 Å². The third-order valence-corrected chi connectivity index (χ3v) is 12.5. The van der Waals surface area contributed by atoms with Crippen molar-refractivity contribution in [2.75, 3.05) is 77.6 Å². The number of nitrogens with zero attached hydrogens (tertiary/aromatic N) is 5. The van der Waals surface area contributed by atoms with Crippen LogP contribution in [0.15, 0.2) is 76.6 Å². The summed E-state index contributed by atoms with van der Waals surface area (Å²) >= 11 is 12.6. The van der Waals surface area contributed by atoms with Crippen molar-refractivity contribution in [1.29, 1.82) is 0 Å². The number of benzene rings is 3. The number of hydrogen-bond acceptors (Lipinski definition) is 9. The smallest absolute Gasteiger partial charge is 0.326 e. The first-order valence-corrected chi connectivity index (χ1v) is 21.0. The quantitative estimate of drug-likeness (QED) is 0.289. The van der Waals surface area contributed by atoms with Crippen molar-refractivity contribution >= 4 is 54.9 Å². The van der Waals surface area contributed by atoms with Gasteiger partial charge in [0.05, 0.1) is 42.1 Å². The molecule has 0 aromatic heterocycles. The third kappa shape index (κ3) is 8.54. The van der Waals surface area contributed by atoms with Crippen molar-refractivity contribution in [3.63, 3.8) is 0 Å². The molecule has 51 heavy (non-hydrogen) atoms. The number of piperazine rings is 1. The number of morpholine rings is 1. The molecule has 3 aliphatic rings. The predicted molar refractivity (Wildman–Crippen MR) is 197 cm³/mol. The number of hydrogen-bond donors (Lipinski definition) is 0. The molecule has 3 aliphatic heterocycles. The Morgan fingerprint density at radius 2 is 1.47 bits per heavy atom. The molecule has 16 heteroatoms. The van der Waals surface area contributed by atoms with Gasteiger partial charge in [-0.05, 0) is 54.4 Å². The summed E-state index contributed by atoms with van der Waals surface area (Å²) in [6.07, 6.45) is 1.22. The highest BCUT2D eigenvalue weighted by Gasteiger charge is 2.45. The lowest BCUT2D eigenvalue weighted by Gasteiger charge is -2.39. The minimum atomic E-state index is -3.85. The van der Waals surface area contributed by atoms with Crippen LogP contribution in [-0.2, 0) is 24.6 Å². The summed E-state index contributed by atoms with van der Waals surface area (Å²) in [6, 6.07) is 17.8. The summed E-state index contributed by atoms with van der Waals surface area (Å²) in [5, 5.41) is 1.10. The van der Waals surface area contributed by atoms with Crippen LogP contribution in [0.2, 0.25) is 10.0 Å². The molecule has 0 spiro atoms. The summed E-state index contributed by atoms with van der Waals surface area (Å²) in [4.78, 5) is 25.6. The second-order valence-electron chi connectivity index (χ2n) is 12.7. The highest BCUT2D eigenvalue weighted by molar-refractivity contribution is 7.90. The zero-order valence-corrected chi connectivity index (χ0v) is 31.6. The molecule has 274 valence electrons. The number of carbonyl (C=O) groups is 1. The van der Waals surface area contributed by atoms with Gasteiger partial charge in [-0.2, -0.15) is 4.31 Å². The maximum absolute atomic E-state index is 14.8. The summed E-state index contributed by atoms with van der Waals surface area (Å²) in [5.74, 6) is 0.654. The first kappa shape index (κ1) is 37.5. The van der Waals surface area contributed by atoms with Crippen molar-refractivity contribution in [3.05, 3.63) is 93.5 Å². The van der Waals surface area contributed by atoms with Crippen molar-refractivity contribution in [2.45, 2.75) is 23.9 Å². The predicted octanol–water partition coefficient (Wildman–Crippen LogP) is 4.74. The summed E-state index contributed by atoms with van der Waals surface area (Å²) in [6.45, 7) is 5.32. The van der Waals surface area contributed by atoms with Gasteiger partial charge in [-0.25, -0.2) is 21.6 Å². The number of halogens is 2. The van der Waals surface area contributed by atoms with Gasteiger partial charge in [-0.1, -0.05) is 47.5 Å². The van der Waals surface area contributed by atoms with E-state index in [2.05, 4.69) is 0 Å². The van der Waals surface area contributed by atoms with Gasteiger partial charge < -0.3 is 14.4 Å². The molecular weight excluding hydrogens is 737 g/mol. The van der Waals surface area contributed by atoms with Gasteiger partial charge in [0.15, 0.2) is 0 Å². The number of aliphatic imine (C=N–C) groups is 1. The lowest BCUT2D eigenvalue weighted by molar-refractivity contribution is 0.0730. The molecule has 0 aliphatic carbocycles. The van der Waals surface area contributed by atoms with Gasteiger partial charge in [0.2, 0.25) is 10.0 Å². The first-order valence-electron chi connectivity index (χ1n) is 16.8. The average Bonchev–Trinajstić information content (AvgIpc) is 3.52. The van der Waals surface area contributed by atoms with Crippen LogP contribution in [0.5, 0.6) is 5.75 Å². The summed E-state index contributed by atoms with van der Waals surface area (Å²) in [7, 11) is -6.98. The molecule has 2 amide bonds. The van der Waals surface area contributed by atoms with E-state index in [1.807, 2.05) is 36.1 Å². The van der Waals surface area contributed by atoms with Crippen LogP contribution in [0.1, 0.15) is 35.7 Å². The minimum absolute atomic E-state index is 0.0444. The molecule has 6 rings (SSSR count). The standard InChI is InChI=1S/C35H41Cl2N5O7S2/c1-3-49-31-24-29(51(46,47)41-18-21-48-22-19-41)12-13-30(31)34-38-32(25-4-8-27(36)9-5-25)33(26-6-10-28(37)11-7-26)42(34)35(43)40-16-14-39(15-17-40)20-23-50(2,44)45/h4-13,24,32-33H,3,14-23H2,1-2H3/t32-,33+/m0/s1. The molecule has 12 nitrogen and oxygen atoms in total. The van der Waals surface area contributed by atoms with E-state index in [1.165, 1.54) is 22.7 Å². The fourth-order valence-electron chi connectivity index (χ4n) is 6.52. The van der Waals surface area contributed by atoms with Crippen LogP contribution in [0.25, 0.3) is 0 Å². The number of rotatable bonds is 10. The Labute approximate surface area is 309 Å². The van der Waals surface area contributed by atoms with Crippen molar-refractivity contribution in [1.82, 2.24) is 19.0 Å². The molecule has 0 saturated carbocycles. The second kappa shape index (κ2) is 15.8. The Bertz CT molecular complexity index is 1970. The maximum Gasteiger partial charge on any atom is 0.326 e. The van der Waals surface area contributed by atoms with Crippen molar-refractivity contribution in [3.8, 4) is 5.75 Å². The Kier molecular flexibility index (Phi) is 11.6. The van der Waals surface area contributed by atoms with E-state index in [1.54, 1.807) is 40.1 Å². The van der Waals surface area contributed by atoms with Crippen LogP contribution in [0.4, 0.5) is 4.79 Å². The number of urea groups is 1. The van der Waals surface area contributed by atoms with E-state index >= 15 is 0 Å². The topological polar surface area (TPSA) is 129 Å². The maximum atomic E-state index is 14.8. The SMILES string of the molecule is CCOc1cc(S(=O)(=O)N2CCOCC2)ccc1C1=N[C@@H](c2ccc(Cl)cc2)[C@@H](c2ccc(Cl)cc2)N1C(=O)N1CCN(CCS(C)(=O)=O)CC1. The van der Waals surface area contributed by atoms with Gasteiger partial charge in [0, 0.05) is 68.2 Å². The normalized spacial score (nSPS) is 20.7. The number of carbonyl (C=O) groups excluding carboxylic acids is 1. The van der Waals surface area contributed by atoms with E-state index < -0.39 is 31.9 Å². The van der Waals surface area contributed by atoms with Gasteiger partial charge >= 0.3 is 6.03 Å². The molecule has 3 heterocycles. The molecule has 0 bridgehead atoms. The monoisotopic (exact) mass is 777 g/mol. The number of ether oxygens (including phenoxy) is 2. The van der Waals surface area contributed by atoms with Gasteiger partial charge in [-0.15, -0.1) is 0 Å². The average molecular weight is 779 g/mol. The Hall–Kier alpha value is -3.24. The van der Waals surface area contributed by atoms with Crippen LogP contribution >= 0.6 is 23.2 Å². The Morgan fingerprint density at radius 3 is 2.06 bits per heavy atom. The first-order chi connectivity index (χ1) is 24.4. The lowest BCUT2D eigenvalue weighted by Crippen LogP contribution is -2.54. The highest BCUT2D eigenvalue weighted by atomic mass is 35.5. The molecule has 2 fully saturated rings. The van der Waals surface area contributed by atoms with Crippen molar-refractivity contribution in [2.24, 2.45) is 4.99 Å². The second-order valence-corrected chi connectivity index (χ2v) is 17.7. The molecule has 3 aromatic carbocycles. The van der Waals surface area contributed by atoms with E-state index in [0.29, 0.717) is 67.4 Å². The summed E-state index contributed by atoms with van der Waals surface area (Å²) in [5.41, 5.74) is 2.08. The number of amides is 2. The van der Waals surface area contributed by atoms with E-state index in [0.717, 1.165) is 11.1 Å². The van der Waals surface area contributed by atoms with Crippen LogP contribution in [-0.4, -0.2) is 125 Å². The molecule has 0 unspecified atom stereocenters. The molecule has 2 atom stereocenters. The molecular formula is C35H41Cl2N5O7S2. The fourth-order valence-corrected chi connectivity index (χ4v) is 8.79. The summed E-state index contributed by atoms with van der Waals surface area (Å²) < 4.78 is 63.8. The Morgan fingerprint density at radius 1 is 0.863 bits per heavy atom. The number of amidine groups is 1. The van der Waals surface area contributed by atoms with Crippen LogP contribution in [0, 0.1) is 0 Å². The van der Waals surface area contributed by atoms with Gasteiger partial charge in [-0.3, -0.25) is 14.8 Å². The molecule has 0 N–H and O–H groups in total. The van der Waals surface area contributed by atoms with Crippen LogP contribution < -0.4 is 4.74 Å². The number of sulfone groups is 1. The lowest BCUT2D eigenvalue weighted by atomic mass is 9.93. The largest absolute Gasteiger partial charge is 0.493 e. The van der Waals surface area contributed by atoms with E-state index in [-0.39, 0.29) is 42.1 Å². The molecule has 3 aromatic rings. The zero-order chi connectivity index (χ0) is 36.3. The third-order valence-electron chi connectivity index (χ3n) is 9.22. The fraction of sp³-hybridized carbons (Fsp3) is 0.429. The Balaban J connectivity index is 1.43. The van der Waals surface area contributed by atoms with Crippen molar-refractivity contribution < 1.29 is 31.1 Å². The van der Waals surface area contributed by atoms with Gasteiger partial charge in [0.25, 0.3) is 0 Å². The molecule has 2 saturated heterocycles. The van der Waals surface area contributed by atoms with Crippen LogP contribution in [0.3, 0.4) is 0 Å².